The fourth-order valence-corrected chi connectivity index (χ4v) is 1.58. The number of thiophene rings is 1. The molecule has 1 heterocycles. The van der Waals surface area contributed by atoms with E-state index in [-0.39, 0.29) is 4.88 Å². The summed E-state index contributed by atoms with van der Waals surface area (Å²) in [6, 6.07) is 1.62. The van der Waals surface area contributed by atoms with Gasteiger partial charge in [0.05, 0.1) is 12.7 Å². The molecule has 1 atom stereocenters. The number of aromatic carboxylic acids is 1. The van der Waals surface area contributed by atoms with Crippen LogP contribution in [0.3, 0.4) is 0 Å². The summed E-state index contributed by atoms with van der Waals surface area (Å²) in [4.78, 5) is 10.9. The van der Waals surface area contributed by atoms with Crippen molar-refractivity contribution in [2.24, 2.45) is 0 Å². The second kappa shape index (κ2) is 4.97. The molecule has 0 aliphatic carbocycles. The van der Waals surface area contributed by atoms with E-state index in [0.29, 0.717) is 18.8 Å². The number of carboxylic acid groups (broad SMARTS) is 1. The molecule has 1 aromatic rings. The van der Waals surface area contributed by atoms with Crippen molar-refractivity contribution in [2.45, 2.75) is 19.4 Å². The van der Waals surface area contributed by atoms with Gasteiger partial charge in [-0.15, -0.1) is 11.3 Å². The number of aliphatic hydroxyl groups is 1. The minimum atomic E-state index is -0.980. The van der Waals surface area contributed by atoms with Gasteiger partial charge in [0, 0.05) is 6.42 Å². The first-order valence-corrected chi connectivity index (χ1v) is 5.11. The molecule has 4 nitrogen and oxygen atoms in total. The summed E-state index contributed by atoms with van der Waals surface area (Å²) in [5.74, 6) is -0.602. The fraction of sp³-hybridized carbons (Fsp3) is 0.444. The van der Waals surface area contributed by atoms with E-state index in [9.17, 15) is 4.79 Å². The van der Waals surface area contributed by atoms with Gasteiger partial charge in [-0.25, -0.2) is 4.79 Å². The number of rotatable bonds is 5. The van der Waals surface area contributed by atoms with E-state index >= 15 is 0 Å². The zero-order valence-corrected chi connectivity index (χ0v) is 8.58. The Bertz CT molecular complexity index is 306. The third-order valence-corrected chi connectivity index (χ3v) is 2.50. The molecule has 5 heteroatoms. The van der Waals surface area contributed by atoms with Crippen molar-refractivity contribution < 1.29 is 19.7 Å². The van der Waals surface area contributed by atoms with Crippen LogP contribution in [0.15, 0.2) is 11.4 Å². The highest BCUT2D eigenvalue weighted by molar-refractivity contribution is 7.12. The van der Waals surface area contributed by atoms with Crippen LogP contribution in [0, 0.1) is 0 Å². The second-order valence-electron chi connectivity index (χ2n) is 2.91. The molecule has 0 bridgehead atoms. The topological polar surface area (TPSA) is 66.8 Å². The molecule has 2 N–H and O–H groups in total. The molecule has 0 spiro atoms. The quantitative estimate of drug-likeness (QED) is 0.784. The van der Waals surface area contributed by atoms with E-state index in [1.807, 2.05) is 0 Å². The molecule has 0 saturated heterocycles. The largest absolute Gasteiger partial charge is 0.492 e. The Labute approximate surface area is 85.8 Å². The van der Waals surface area contributed by atoms with Gasteiger partial charge >= 0.3 is 5.97 Å². The maximum Gasteiger partial charge on any atom is 0.349 e. The molecule has 0 amide bonds. The summed E-state index contributed by atoms with van der Waals surface area (Å²) in [5, 5.41) is 19.4. The third-order valence-electron chi connectivity index (χ3n) is 1.62. The summed E-state index contributed by atoms with van der Waals surface area (Å²) in [6.07, 6.45) is 0.0662. The molecule has 0 fully saturated rings. The van der Waals surface area contributed by atoms with Crippen LogP contribution in [0.1, 0.15) is 23.0 Å². The lowest BCUT2D eigenvalue weighted by Gasteiger charge is -2.06. The van der Waals surface area contributed by atoms with Crippen molar-refractivity contribution >= 4 is 17.3 Å². The molecule has 0 aliphatic rings. The number of carboxylic acids is 1. The van der Waals surface area contributed by atoms with Crippen LogP contribution in [0.4, 0.5) is 0 Å². The van der Waals surface area contributed by atoms with E-state index in [1.165, 1.54) is 0 Å². The van der Waals surface area contributed by atoms with Gasteiger partial charge < -0.3 is 14.9 Å². The van der Waals surface area contributed by atoms with E-state index in [2.05, 4.69) is 0 Å². The number of ether oxygens (including phenoxy) is 1. The Hall–Kier alpha value is -1.07. The van der Waals surface area contributed by atoms with Crippen molar-refractivity contribution in [3.63, 3.8) is 0 Å². The third kappa shape index (κ3) is 3.01. The minimum Gasteiger partial charge on any atom is -0.492 e. The second-order valence-corrected chi connectivity index (χ2v) is 3.82. The fourth-order valence-electron chi connectivity index (χ4n) is 0.907. The molecule has 78 valence electrons. The van der Waals surface area contributed by atoms with Crippen LogP contribution in [-0.4, -0.2) is 28.9 Å². The van der Waals surface area contributed by atoms with Gasteiger partial charge in [0.15, 0.2) is 4.88 Å². The standard InChI is InChI=1S/C9H12O4S/c1-6(10)2-4-13-7-3-5-14-8(7)9(11)12/h3,5-6,10H,2,4H2,1H3,(H,11,12). The maximum atomic E-state index is 10.7. The Morgan fingerprint density at radius 3 is 3.00 bits per heavy atom. The minimum absolute atomic E-state index is 0.204. The number of hydrogen-bond acceptors (Lipinski definition) is 4. The summed E-state index contributed by atoms with van der Waals surface area (Å²) in [6.45, 7) is 1.99. The van der Waals surface area contributed by atoms with Crippen molar-refractivity contribution in [1.82, 2.24) is 0 Å². The number of hydrogen-bond donors (Lipinski definition) is 2. The van der Waals surface area contributed by atoms with E-state index < -0.39 is 12.1 Å². The van der Waals surface area contributed by atoms with Crippen molar-refractivity contribution in [3.8, 4) is 5.75 Å². The van der Waals surface area contributed by atoms with Crippen LogP contribution in [0.25, 0.3) is 0 Å². The van der Waals surface area contributed by atoms with Gasteiger partial charge in [-0.1, -0.05) is 0 Å². The highest BCUT2D eigenvalue weighted by Crippen LogP contribution is 2.24. The van der Waals surface area contributed by atoms with Crippen molar-refractivity contribution in [2.75, 3.05) is 6.61 Å². The Morgan fingerprint density at radius 1 is 1.71 bits per heavy atom. The summed E-state index contributed by atoms with van der Waals surface area (Å²) in [7, 11) is 0. The maximum absolute atomic E-state index is 10.7. The van der Waals surface area contributed by atoms with Gasteiger partial charge in [0.1, 0.15) is 5.75 Å². The monoisotopic (exact) mass is 216 g/mol. The van der Waals surface area contributed by atoms with Gasteiger partial charge in [-0.05, 0) is 18.4 Å². The Kier molecular flexibility index (Phi) is 3.91. The average molecular weight is 216 g/mol. The Balaban J connectivity index is 2.50. The number of carbonyl (C=O) groups is 1. The van der Waals surface area contributed by atoms with E-state index in [1.54, 1.807) is 18.4 Å². The first-order valence-electron chi connectivity index (χ1n) is 4.23. The highest BCUT2D eigenvalue weighted by Gasteiger charge is 2.12. The summed E-state index contributed by atoms with van der Waals surface area (Å²) in [5.41, 5.74) is 0. The van der Waals surface area contributed by atoms with Crippen molar-refractivity contribution in [1.29, 1.82) is 0 Å². The normalized spacial score (nSPS) is 12.4. The molecule has 0 saturated carbocycles. The van der Waals surface area contributed by atoms with Gasteiger partial charge in [-0.2, -0.15) is 0 Å². The summed E-state index contributed by atoms with van der Waals surface area (Å²) < 4.78 is 5.22. The predicted octanol–water partition coefficient (Wildman–Crippen LogP) is 1.60. The molecule has 0 aromatic carbocycles. The molecule has 14 heavy (non-hydrogen) atoms. The van der Waals surface area contributed by atoms with Gasteiger partial charge in [0.25, 0.3) is 0 Å². The Morgan fingerprint density at radius 2 is 2.43 bits per heavy atom. The summed E-state index contributed by atoms with van der Waals surface area (Å²) >= 11 is 1.13. The molecular weight excluding hydrogens is 204 g/mol. The van der Waals surface area contributed by atoms with E-state index in [4.69, 9.17) is 14.9 Å². The molecular formula is C9H12O4S. The SMILES string of the molecule is CC(O)CCOc1ccsc1C(=O)O. The van der Waals surface area contributed by atoms with Crippen LogP contribution in [0.5, 0.6) is 5.75 Å². The smallest absolute Gasteiger partial charge is 0.349 e. The molecule has 1 rings (SSSR count). The zero-order valence-electron chi connectivity index (χ0n) is 7.77. The van der Waals surface area contributed by atoms with Crippen LogP contribution < -0.4 is 4.74 Å². The van der Waals surface area contributed by atoms with Crippen LogP contribution in [0.2, 0.25) is 0 Å². The van der Waals surface area contributed by atoms with Gasteiger partial charge in [-0.3, -0.25) is 0 Å². The average Bonchev–Trinajstić information content (AvgIpc) is 2.51. The van der Waals surface area contributed by atoms with Crippen LogP contribution in [-0.2, 0) is 0 Å². The zero-order chi connectivity index (χ0) is 10.6. The van der Waals surface area contributed by atoms with Gasteiger partial charge in [0.2, 0.25) is 0 Å². The first-order chi connectivity index (χ1) is 6.61. The lowest BCUT2D eigenvalue weighted by Crippen LogP contribution is -2.08. The molecule has 1 unspecified atom stereocenters. The highest BCUT2D eigenvalue weighted by atomic mass is 32.1. The first kappa shape index (κ1) is 11.0. The lowest BCUT2D eigenvalue weighted by atomic mass is 10.3. The van der Waals surface area contributed by atoms with Crippen molar-refractivity contribution in [3.05, 3.63) is 16.3 Å². The molecule has 1 aromatic heterocycles. The molecule has 0 aliphatic heterocycles. The number of aliphatic hydroxyl groups excluding tert-OH is 1. The molecule has 0 radical (unpaired) electrons. The predicted molar refractivity (Wildman–Crippen MR) is 53.1 cm³/mol. The van der Waals surface area contributed by atoms with E-state index in [0.717, 1.165) is 11.3 Å². The van der Waals surface area contributed by atoms with Crippen LogP contribution >= 0.6 is 11.3 Å². The lowest BCUT2D eigenvalue weighted by molar-refractivity contribution is 0.0697.